The highest BCUT2D eigenvalue weighted by atomic mass is 32.2. The van der Waals surface area contributed by atoms with Gasteiger partial charge in [-0.1, -0.05) is 6.92 Å². The summed E-state index contributed by atoms with van der Waals surface area (Å²) in [6, 6.07) is 0. The molecule has 0 amide bonds. The van der Waals surface area contributed by atoms with Gasteiger partial charge in [0, 0.05) is 6.54 Å². The van der Waals surface area contributed by atoms with Gasteiger partial charge in [-0.25, -0.2) is 13.1 Å². The minimum atomic E-state index is -3.07. The predicted molar refractivity (Wildman–Crippen MR) is 79.8 cm³/mol. The van der Waals surface area contributed by atoms with Crippen LogP contribution in [-0.2, 0) is 10.0 Å². The lowest BCUT2D eigenvalue weighted by molar-refractivity contribution is 0.193. The first kappa shape index (κ1) is 16.9. The standard InChI is InChI=1S/C13H29N3O2S/c1-3-16-9-6-13(7-10-16)12-15-19(17,18)11-5-4-8-14-2/h13-15H,3-12H2,1-2H3. The van der Waals surface area contributed by atoms with Crippen molar-refractivity contribution in [3.8, 4) is 0 Å². The number of nitrogens with one attached hydrogen (secondary N) is 2. The summed E-state index contributed by atoms with van der Waals surface area (Å²) in [5.74, 6) is 0.762. The van der Waals surface area contributed by atoms with Crippen LogP contribution in [0, 0.1) is 5.92 Å². The fourth-order valence-corrected chi connectivity index (χ4v) is 3.64. The van der Waals surface area contributed by atoms with Crippen molar-refractivity contribution in [1.82, 2.24) is 14.9 Å². The quantitative estimate of drug-likeness (QED) is 0.612. The van der Waals surface area contributed by atoms with E-state index in [1.165, 1.54) is 0 Å². The van der Waals surface area contributed by atoms with Crippen LogP contribution in [0.25, 0.3) is 0 Å². The third-order valence-corrected chi connectivity index (χ3v) is 5.27. The summed E-state index contributed by atoms with van der Waals surface area (Å²) >= 11 is 0. The van der Waals surface area contributed by atoms with E-state index in [1.807, 2.05) is 7.05 Å². The summed E-state index contributed by atoms with van der Waals surface area (Å²) in [5, 5.41) is 3.03. The Hall–Kier alpha value is -0.170. The van der Waals surface area contributed by atoms with Crippen molar-refractivity contribution in [2.45, 2.75) is 32.6 Å². The molecule has 0 spiro atoms. The SMILES string of the molecule is CCN1CCC(CNS(=O)(=O)CCCCNC)CC1. The van der Waals surface area contributed by atoms with E-state index in [1.54, 1.807) is 0 Å². The molecule has 1 saturated heterocycles. The molecule has 1 aliphatic rings. The van der Waals surface area contributed by atoms with Crippen LogP contribution in [0.15, 0.2) is 0 Å². The highest BCUT2D eigenvalue weighted by Gasteiger charge is 2.19. The van der Waals surface area contributed by atoms with Gasteiger partial charge in [0.05, 0.1) is 5.75 Å². The first-order valence-corrected chi connectivity index (χ1v) is 9.07. The fraction of sp³-hybridized carbons (Fsp3) is 1.00. The monoisotopic (exact) mass is 291 g/mol. The number of sulfonamides is 1. The van der Waals surface area contributed by atoms with Gasteiger partial charge in [0.1, 0.15) is 0 Å². The van der Waals surface area contributed by atoms with Crippen LogP contribution in [-0.4, -0.2) is 58.8 Å². The van der Waals surface area contributed by atoms with Gasteiger partial charge in [-0.3, -0.25) is 0 Å². The lowest BCUT2D eigenvalue weighted by Gasteiger charge is -2.30. The number of nitrogens with zero attached hydrogens (tertiary/aromatic N) is 1. The zero-order valence-corrected chi connectivity index (χ0v) is 13.1. The largest absolute Gasteiger partial charge is 0.320 e. The molecule has 1 aliphatic heterocycles. The molecule has 1 heterocycles. The average Bonchev–Trinajstić information content (AvgIpc) is 2.42. The average molecular weight is 291 g/mol. The topological polar surface area (TPSA) is 61.4 Å². The Labute approximate surface area is 118 Å². The normalized spacial score (nSPS) is 18.8. The van der Waals surface area contributed by atoms with E-state index in [-0.39, 0.29) is 5.75 Å². The zero-order chi connectivity index (χ0) is 14.1. The van der Waals surface area contributed by atoms with Crippen LogP contribution < -0.4 is 10.0 Å². The second kappa shape index (κ2) is 8.89. The Morgan fingerprint density at radius 2 is 1.89 bits per heavy atom. The second-order valence-electron chi connectivity index (χ2n) is 5.36. The number of likely N-dealkylation sites (tertiary alicyclic amines) is 1. The first-order chi connectivity index (χ1) is 9.07. The van der Waals surface area contributed by atoms with Gasteiger partial charge in [0.2, 0.25) is 10.0 Å². The van der Waals surface area contributed by atoms with Gasteiger partial charge >= 0.3 is 0 Å². The van der Waals surface area contributed by atoms with Gasteiger partial charge in [-0.2, -0.15) is 0 Å². The molecule has 1 fully saturated rings. The van der Waals surface area contributed by atoms with Gasteiger partial charge in [0.25, 0.3) is 0 Å². The van der Waals surface area contributed by atoms with Crippen LogP contribution in [0.4, 0.5) is 0 Å². The molecule has 0 aliphatic carbocycles. The maximum Gasteiger partial charge on any atom is 0.211 e. The highest BCUT2D eigenvalue weighted by Crippen LogP contribution is 2.16. The van der Waals surface area contributed by atoms with E-state index in [2.05, 4.69) is 21.9 Å². The lowest BCUT2D eigenvalue weighted by atomic mass is 9.97. The van der Waals surface area contributed by atoms with E-state index in [4.69, 9.17) is 0 Å². The van der Waals surface area contributed by atoms with Gasteiger partial charge < -0.3 is 10.2 Å². The minimum absolute atomic E-state index is 0.252. The molecule has 0 atom stereocenters. The fourth-order valence-electron chi connectivity index (χ4n) is 2.42. The van der Waals surface area contributed by atoms with Crippen molar-refractivity contribution in [2.24, 2.45) is 5.92 Å². The Balaban J connectivity index is 2.17. The summed E-state index contributed by atoms with van der Waals surface area (Å²) in [4.78, 5) is 2.42. The Morgan fingerprint density at radius 3 is 2.47 bits per heavy atom. The molecule has 1 rings (SSSR count). The molecular weight excluding hydrogens is 262 g/mol. The summed E-state index contributed by atoms with van der Waals surface area (Å²) in [7, 11) is -1.19. The van der Waals surface area contributed by atoms with E-state index in [0.717, 1.165) is 51.9 Å². The van der Waals surface area contributed by atoms with Crippen molar-refractivity contribution in [2.75, 3.05) is 45.5 Å². The molecule has 0 saturated carbocycles. The van der Waals surface area contributed by atoms with E-state index in [0.29, 0.717) is 12.5 Å². The van der Waals surface area contributed by atoms with Crippen LogP contribution in [0.1, 0.15) is 32.6 Å². The van der Waals surface area contributed by atoms with Gasteiger partial charge in [-0.15, -0.1) is 0 Å². The van der Waals surface area contributed by atoms with Gasteiger partial charge in [-0.05, 0) is 64.8 Å². The maximum atomic E-state index is 11.8. The number of hydrogen-bond donors (Lipinski definition) is 2. The maximum absolute atomic E-state index is 11.8. The zero-order valence-electron chi connectivity index (χ0n) is 12.3. The Morgan fingerprint density at radius 1 is 1.21 bits per heavy atom. The molecule has 5 nitrogen and oxygen atoms in total. The van der Waals surface area contributed by atoms with Crippen molar-refractivity contribution in [1.29, 1.82) is 0 Å². The van der Waals surface area contributed by atoms with E-state index >= 15 is 0 Å². The minimum Gasteiger partial charge on any atom is -0.320 e. The molecule has 0 aromatic heterocycles. The predicted octanol–water partition coefficient (Wildman–Crippen LogP) is 0.637. The molecule has 114 valence electrons. The molecular formula is C13H29N3O2S. The number of piperidine rings is 1. The van der Waals surface area contributed by atoms with Crippen molar-refractivity contribution in [3.05, 3.63) is 0 Å². The summed E-state index contributed by atoms with van der Waals surface area (Å²) in [5.41, 5.74) is 0. The van der Waals surface area contributed by atoms with Crippen LogP contribution in [0.3, 0.4) is 0 Å². The summed E-state index contributed by atoms with van der Waals surface area (Å²) in [6.45, 7) is 6.98. The smallest absolute Gasteiger partial charge is 0.211 e. The van der Waals surface area contributed by atoms with E-state index in [9.17, 15) is 8.42 Å². The molecule has 0 aromatic rings. The number of rotatable bonds is 9. The third kappa shape index (κ3) is 7.25. The number of unbranched alkanes of at least 4 members (excludes halogenated alkanes) is 1. The summed E-state index contributed by atoms with van der Waals surface area (Å²) in [6.07, 6.45) is 3.85. The molecule has 0 unspecified atom stereocenters. The second-order valence-corrected chi connectivity index (χ2v) is 7.28. The molecule has 6 heteroatoms. The lowest BCUT2D eigenvalue weighted by Crippen LogP contribution is -2.39. The molecule has 19 heavy (non-hydrogen) atoms. The molecule has 2 N–H and O–H groups in total. The number of hydrogen-bond acceptors (Lipinski definition) is 4. The van der Waals surface area contributed by atoms with Crippen LogP contribution >= 0.6 is 0 Å². The Bertz CT molecular complexity index is 325. The Kier molecular flexibility index (Phi) is 7.90. The van der Waals surface area contributed by atoms with E-state index < -0.39 is 10.0 Å². The van der Waals surface area contributed by atoms with Crippen molar-refractivity contribution >= 4 is 10.0 Å². The third-order valence-electron chi connectivity index (χ3n) is 3.84. The van der Waals surface area contributed by atoms with Crippen LogP contribution in [0.5, 0.6) is 0 Å². The molecule has 0 radical (unpaired) electrons. The highest BCUT2D eigenvalue weighted by molar-refractivity contribution is 7.89. The molecule has 0 bridgehead atoms. The van der Waals surface area contributed by atoms with Gasteiger partial charge in [0.15, 0.2) is 0 Å². The summed E-state index contributed by atoms with van der Waals surface area (Å²) < 4.78 is 26.4. The van der Waals surface area contributed by atoms with Crippen LogP contribution in [0.2, 0.25) is 0 Å². The van der Waals surface area contributed by atoms with Crippen molar-refractivity contribution < 1.29 is 8.42 Å². The first-order valence-electron chi connectivity index (χ1n) is 7.41. The van der Waals surface area contributed by atoms with Crippen molar-refractivity contribution in [3.63, 3.8) is 0 Å². The molecule has 0 aromatic carbocycles.